The maximum Gasteiger partial charge on any atom is 0.409 e. The summed E-state index contributed by atoms with van der Waals surface area (Å²) in [5, 5.41) is 0.106. The van der Waals surface area contributed by atoms with Crippen LogP contribution in [0.15, 0.2) is 6.33 Å². The molecule has 0 unspecified atom stereocenters. The number of fused-ring (bicyclic) bond motifs is 1. The first kappa shape index (κ1) is 14.8. The highest BCUT2D eigenvalue weighted by Crippen LogP contribution is 2.28. The smallest absolute Gasteiger partial charge is 0.409 e. The number of amides is 1. The number of nitrogens with zero attached hydrogens (tertiary/aromatic N) is 5. The second-order valence-electron chi connectivity index (χ2n) is 5.00. The minimum atomic E-state index is -0.297. The number of imidazole rings is 1. The van der Waals surface area contributed by atoms with Gasteiger partial charge < -0.3 is 19.6 Å². The number of carbonyl (C=O) groups excluding carboxylic acids is 1. The minimum Gasteiger partial charge on any atom is -0.453 e. The lowest BCUT2D eigenvalue weighted by Gasteiger charge is -2.31. The van der Waals surface area contributed by atoms with E-state index in [0.29, 0.717) is 30.1 Å². The number of rotatable bonds is 2. The monoisotopic (exact) mass is 325 g/mol. The normalized spacial score (nSPS) is 16.0. The van der Waals surface area contributed by atoms with E-state index in [1.807, 2.05) is 4.57 Å². The Labute approximate surface area is 131 Å². The highest BCUT2D eigenvalue weighted by atomic mass is 35.5. The third-order valence-corrected chi connectivity index (χ3v) is 3.99. The molecule has 1 aliphatic rings. The van der Waals surface area contributed by atoms with Gasteiger partial charge in [0.1, 0.15) is 0 Å². The lowest BCUT2D eigenvalue weighted by molar-refractivity contribution is 0.107. The summed E-state index contributed by atoms with van der Waals surface area (Å²) in [5.41, 5.74) is 3.68. The first-order valence-corrected chi connectivity index (χ1v) is 7.21. The van der Waals surface area contributed by atoms with Gasteiger partial charge in [-0.05, 0) is 24.4 Å². The van der Waals surface area contributed by atoms with Gasteiger partial charge in [0.25, 0.3) is 0 Å². The highest BCUT2D eigenvalue weighted by molar-refractivity contribution is 6.28. The lowest BCUT2D eigenvalue weighted by atomic mass is 10.1. The third kappa shape index (κ3) is 2.53. The Hall–Kier alpha value is -2.13. The quantitative estimate of drug-likeness (QED) is 0.484. The van der Waals surface area contributed by atoms with Crippen LogP contribution in [0.3, 0.4) is 0 Å². The van der Waals surface area contributed by atoms with E-state index in [0.717, 1.165) is 12.8 Å². The number of halogens is 1. The molecule has 1 saturated heterocycles. The van der Waals surface area contributed by atoms with Gasteiger partial charge in [0.2, 0.25) is 5.28 Å². The summed E-state index contributed by atoms with van der Waals surface area (Å²) >= 11 is 5.93. The molecule has 1 amide bonds. The van der Waals surface area contributed by atoms with Gasteiger partial charge in [0, 0.05) is 19.1 Å². The zero-order valence-corrected chi connectivity index (χ0v) is 12.7. The second kappa shape index (κ2) is 5.93. The van der Waals surface area contributed by atoms with Gasteiger partial charge >= 0.3 is 6.09 Å². The summed E-state index contributed by atoms with van der Waals surface area (Å²) in [7, 11) is 1.39. The van der Waals surface area contributed by atoms with Crippen molar-refractivity contribution in [3.05, 3.63) is 11.6 Å². The van der Waals surface area contributed by atoms with Crippen LogP contribution < -0.4 is 11.3 Å². The van der Waals surface area contributed by atoms with Crippen molar-refractivity contribution in [3.8, 4) is 0 Å². The number of nitrogens with one attached hydrogen (secondary N) is 1. The highest BCUT2D eigenvalue weighted by Gasteiger charge is 2.26. The van der Waals surface area contributed by atoms with Crippen LogP contribution in [-0.4, -0.2) is 50.7 Å². The summed E-state index contributed by atoms with van der Waals surface area (Å²) in [5.74, 6) is 5.82. The van der Waals surface area contributed by atoms with Crippen LogP contribution in [0.5, 0.6) is 0 Å². The van der Waals surface area contributed by atoms with Crippen molar-refractivity contribution in [2.75, 3.05) is 25.6 Å². The number of anilines is 1. The van der Waals surface area contributed by atoms with Crippen molar-refractivity contribution in [1.29, 1.82) is 0 Å². The summed E-state index contributed by atoms with van der Waals surface area (Å²) in [4.78, 5) is 25.8. The number of nitrogen functional groups attached to an aromatic ring is 1. The van der Waals surface area contributed by atoms with E-state index in [1.54, 1.807) is 11.2 Å². The summed E-state index contributed by atoms with van der Waals surface area (Å²) in [6.07, 6.45) is 2.98. The molecule has 0 aliphatic carbocycles. The minimum absolute atomic E-state index is 0.106. The van der Waals surface area contributed by atoms with Crippen molar-refractivity contribution in [1.82, 2.24) is 24.4 Å². The Morgan fingerprint density at radius 2 is 2.18 bits per heavy atom. The Balaban J connectivity index is 1.86. The van der Waals surface area contributed by atoms with Gasteiger partial charge in [0.05, 0.1) is 13.4 Å². The number of aromatic nitrogens is 4. The molecule has 0 aromatic carbocycles. The Bertz CT molecular complexity index is 696. The van der Waals surface area contributed by atoms with Gasteiger partial charge in [-0.15, -0.1) is 0 Å². The van der Waals surface area contributed by atoms with Crippen LogP contribution in [0.4, 0.5) is 10.6 Å². The molecule has 2 aromatic rings. The fourth-order valence-electron chi connectivity index (χ4n) is 2.71. The molecule has 3 N–H and O–H groups in total. The summed E-state index contributed by atoms with van der Waals surface area (Å²) in [6.45, 7) is 1.25. The van der Waals surface area contributed by atoms with Gasteiger partial charge in [0.15, 0.2) is 17.0 Å². The molecule has 0 bridgehead atoms. The van der Waals surface area contributed by atoms with Crippen LogP contribution in [0, 0.1) is 0 Å². The average molecular weight is 326 g/mol. The zero-order chi connectivity index (χ0) is 15.7. The maximum absolute atomic E-state index is 11.5. The molecule has 1 fully saturated rings. The third-order valence-electron chi connectivity index (χ3n) is 3.82. The maximum atomic E-state index is 11.5. The van der Waals surface area contributed by atoms with Crippen molar-refractivity contribution < 1.29 is 9.53 Å². The predicted molar refractivity (Wildman–Crippen MR) is 80.4 cm³/mol. The second-order valence-corrected chi connectivity index (χ2v) is 5.34. The molecule has 1 aliphatic heterocycles. The van der Waals surface area contributed by atoms with E-state index in [9.17, 15) is 4.79 Å². The number of hydrazine groups is 1. The lowest BCUT2D eigenvalue weighted by Crippen LogP contribution is -2.38. The molecular formula is C12H16ClN7O2. The molecule has 3 heterocycles. The molecule has 22 heavy (non-hydrogen) atoms. The first-order valence-electron chi connectivity index (χ1n) is 6.83. The van der Waals surface area contributed by atoms with E-state index < -0.39 is 0 Å². The number of methoxy groups -OCH3 is 1. The van der Waals surface area contributed by atoms with E-state index >= 15 is 0 Å². The number of nitrogens with two attached hydrogens (primary N) is 1. The molecule has 9 nitrogen and oxygen atoms in total. The SMILES string of the molecule is COC(=O)N1CCC(n2cnc3c(NN)nc(Cl)nc32)CC1. The number of likely N-dealkylation sites (tertiary alicyclic amines) is 1. The number of ether oxygens (including phenoxy) is 1. The number of carbonyl (C=O) groups is 1. The fourth-order valence-corrected chi connectivity index (χ4v) is 2.88. The summed E-state index contributed by atoms with van der Waals surface area (Å²) < 4.78 is 6.70. The van der Waals surface area contributed by atoms with Crippen LogP contribution >= 0.6 is 11.6 Å². The van der Waals surface area contributed by atoms with Crippen LogP contribution in [0.1, 0.15) is 18.9 Å². The van der Waals surface area contributed by atoms with Crippen molar-refractivity contribution in [2.24, 2.45) is 5.84 Å². The number of hydrogen-bond donors (Lipinski definition) is 2. The average Bonchev–Trinajstić information content (AvgIpc) is 2.97. The van der Waals surface area contributed by atoms with Gasteiger partial charge in [-0.1, -0.05) is 0 Å². The molecule has 0 atom stereocenters. The van der Waals surface area contributed by atoms with Gasteiger partial charge in [-0.3, -0.25) is 0 Å². The molecular weight excluding hydrogens is 310 g/mol. The Kier molecular flexibility index (Phi) is 3.99. The van der Waals surface area contributed by atoms with Gasteiger partial charge in [-0.2, -0.15) is 9.97 Å². The van der Waals surface area contributed by atoms with Crippen LogP contribution in [-0.2, 0) is 4.74 Å². The first-order chi connectivity index (χ1) is 10.6. The predicted octanol–water partition coefficient (Wildman–Crippen LogP) is 1.17. The molecule has 10 heteroatoms. The Morgan fingerprint density at radius 1 is 1.45 bits per heavy atom. The van der Waals surface area contributed by atoms with Gasteiger partial charge in [-0.25, -0.2) is 15.6 Å². The summed E-state index contributed by atoms with van der Waals surface area (Å²) in [6, 6.07) is 0.183. The van der Waals surface area contributed by atoms with Crippen molar-refractivity contribution >= 4 is 34.7 Å². The fraction of sp³-hybridized carbons (Fsp3) is 0.500. The van der Waals surface area contributed by atoms with E-state index in [-0.39, 0.29) is 17.4 Å². The molecule has 0 radical (unpaired) electrons. The molecule has 2 aromatic heterocycles. The van der Waals surface area contributed by atoms with E-state index in [2.05, 4.69) is 20.4 Å². The molecule has 118 valence electrons. The number of hydrogen-bond acceptors (Lipinski definition) is 7. The van der Waals surface area contributed by atoms with E-state index in [1.165, 1.54) is 7.11 Å². The standard InChI is InChI=1S/C12H16ClN7O2/c1-22-12(21)19-4-2-7(3-5-19)20-6-15-8-9(18-14)16-11(13)17-10(8)20/h6-7H,2-5,14H2,1H3,(H,16,17,18). The molecule has 0 saturated carbocycles. The van der Waals surface area contributed by atoms with Crippen molar-refractivity contribution in [3.63, 3.8) is 0 Å². The molecule has 3 rings (SSSR count). The largest absolute Gasteiger partial charge is 0.453 e. The zero-order valence-electron chi connectivity index (χ0n) is 12.0. The number of piperidine rings is 1. The van der Waals surface area contributed by atoms with E-state index in [4.69, 9.17) is 22.2 Å². The van der Waals surface area contributed by atoms with Crippen molar-refractivity contribution in [2.45, 2.75) is 18.9 Å². The van der Waals surface area contributed by atoms with Crippen LogP contribution in [0.2, 0.25) is 5.28 Å². The Morgan fingerprint density at radius 3 is 2.82 bits per heavy atom. The topological polar surface area (TPSA) is 111 Å². The molecule has 0 spiro atoms. The van der Waals surface area contributed by atoms with Crippen LogP contribution in [0.25, 0.3) is 11.2 Å².